The fourth-order valence-corrected chi connectivity index (χ4v) is 4.59. The predicted molar refractivity (Wildman–Crippen MR) is 137 cm³/mol. The maximum atomic E-state index is 13.3. The minimum Gasteiger partial charge on any atom is -0.457 e. The van der Waals surface area contributed by atoms with Gasteiger partial charge in [0, 0.05) is 48.4 Å². The molecule has 1 unspecified atom stereocenters. The lowest BCUT2D eigenvalue weighted by molar-refractivity contribution is -0.137. The normalized spacial score (nSPS) is 15.0. The Morgan fingerprint density at radius 3 is 2.63 bits per heavy atom. The van der Waals surface area contributed by atoms with Crippen LogP contribution in [-0.2, 0) is 30.4 Å². The van der Waals surface area contributed by atoms with E-state index < -0.39 is 11.7 Å². The Hall–Kier alpha value is -4.24. The minimum absolute atomic E-state index is 0.0619. The molecular formula is C29H25F3N4O2. The molecule has 0 saturated heterocycles. The maximum absolute atomic E-state index is 13.3. The van der Waals surface area contributed by atoms with E-state index in [1.165, 1.54) is 6.07 Å². The summed E-state index contributed by atoms with van der Waals surface area (Å²) >= 11 is 0. The molecule has 194 valence electrons. The monoisotopic (exact) mass is 518 g/mol. The molecule has 9 heteroatoms. The van der Waals surface area contributed by atoms with Gasteiger partial charge in [-0.05, 0) is 84.5 Å². The van der Waals surface area contributed by atoms with Gasteiger partial charge in [-0.15, -0.1) is 0 Å². The number of aromatic nitrogens is 2. The van der Waals surface area contributed by atoms with Crippen molar-refractivity contribution in [1.82, 2.24) is 9.97 Å². The molecule has 2 heterocycles. The van der Waals surface area contributed by atoms with Crippen molar-refractivity contribution < 1.29 is 22.7 Å². The standard InChI is InChI=1S/C29H25F3N4O2/c30-29(31,32)23-10-18(16-33)11-24(14-23)36-28(37)20-4-3-19-5-6-25(13-22(19)12-20)38-26-7-9-35-27(15-26)21-2-1-8-34-17-21/h1-2,5-11,13-15,17,20H,3-4,12,16,33H2,(H,36,37). The number of aryl methyl sites for hydroxylation is 1. The molecule has 1 aliphatic rings. The Labute approximate surface area is 217 Å². The number of halogens is 3. The quantitative estimate of drug-likeness (QED) is 0.319. The second-order valence-corrected chi connectivity index (χ2v) is 9.20. The number of nitrogens with one attached hydrogen (secondary N) is 1. The second kappa shape index (κ2) is 10.6. The molecule has 2 aromatic carbocycles. The molecule has 0 bridgehead atoms. The van der Waals surface area contributed by atoms with E-state index in [-0.39, 0.29) is 24.1 Å². The van der Waals surface area contributed by atoms with Gasteiger partial charge in [-0.3, -0.25) is 14.8 Å². The first-order valence-electron chi connectivity index (χ1n) is 12.2. The van der Waals surface area contributed by atoms with Crippen LogP contribution in [-0.4, -0.2) is 15.9 Å². The van der Waals surface area contributed by atoms with Gasteiger partial charge in [0.05, 0.1) is 11.3 Å². The summed E-state index contributed by atoms with van der Waals surface area (Å²) < 4.78 is 45.9. The molecule has 3 N–H and O–H groups in total. The van der Waals surface area contributed by atoms with Crippen LogP contribution < -0.4 is 15.8 Å². The highest BCUT2D eigenvalue weighted by atomic mass is 19.4. The van der Waals surface area contributed by atoms with Crippen LogP contribution in [0.25, 0.3) is 11.3 Å². The number of carbonyl (C=O) groups is 1. The van der Waals surface area contributed by atoms with Gasteiger partial charge in [-0.25, -0.2) is 0 Å². The zero-order chi connectivity index (χ0) is 26.7. The van der Waals surface area contributed by atoms with Crippen molar-refractivity contribution in [3.05, 3.63) is 102 Å². The number of nitrogens with two attached hydrogens (primary N) is 1. The van der Waals surface area contributed by atoms with Crippen LogP contribution in [0.15, 0.2) is 79.3 Å². The number of carbonyl (C=O) groups excluding carboxylic acids is 1. The van der Waals surface area contributed by atoms with Gasteiger partial charge in [0.15, 0.2) is 0 Å². The van der Waals surface area contributed by atoms with Crippen LogP contribution in [0.5, 0.6) is 11.5 Å². The number of anilines is 1. The Balaban J connectivity index is 1.30. The first-order chi connectivity index (χ1) is 18.3. The van der Waals surface area contributed by atoms with Crippen molar-refractivity contribution in [1.29, 1.82) is 0 Å². The summed E-state index contributed by atoms with van der Waals surface area (Å²) in [5, 5.41) is 2.67. The molecule has 0 aliphatic heterocycles. The predicted octanol–water partition coefficient (Wildman–Crippen LogP) is 6.16. The van der Waals surface area contributed by atoms with Crippen LogP contribution >= 0.6 is 0 Å². The van der Waals surface area contributed by atoms with Gasteiger partial charge in [0.25, 0.3) is 0 Å². The van der Waals surface area contributed by atoms with E-state index in [1.807, 2.05) is 36.4 Å². The number of pyridine rings is 2. The number of amides is 1. The van der Waals surface area contributed by atoms with Gasteiger partial charge < -0.3 is 15.8 Å². The van der Waals surface area contributed by atoms with Crippen molar-refractivity contribution in [2.45, 2.75) is 32.0 Å². The average molecular weight is 519 g/mol. The highest BCUT2D eigenvalue weighted by Crippen LogP contribution is 2.34. The number of rotatable bonds is 6. The number of ether oxygens (including phenoxy) is 1. The summed E-state index contributed by atoms with van der Waals surface area (Å²) in [6, 6.07) is 16.6. The third kappa shape index (κ3) is 5.84. The van der Waals surface area contributed by atoms with E-state index in [0.717, 1.165) is 34.5 Å². The molecule has 6 nitrogen and oxygen atoms in total. The highest BCUT2D eigenvalue weighted by Gasteiger charge is 2.32. The molecule has 5 rings (SSSR count). The fourth-order valence-electron chi connectivity index (χ4n) is 4.59. The first kappa shape index (κ1) is 25.4. The zero-order valence-electron chi connectivity index (χ0n) is 20.3. The van der Waals surface area contributed by atoms with E-state index >= 15 is 0 Å². The number of hydrogen-bond acceptors (Lipinski definition) is 5. The molecule has 1 atom stereocenters. The van der Waals surface area contributed by atoms with Crippen LogP contribution in [0.2, 0.25) is 0 Å². The van der Waals surface area contributed by atoms with E-state index in [2.05, 4.69) is 15.3 Å². The third-order valence-corrected chi connectivity index (χ3v) is 6.52. The smallest absolute Gasteiger partial charge is 0.416 e. The van der Waals surface area contributed by atoms with E-state index in [1.54, 1.807) is 24.7 Å². The molecule has 38 heavy (non-hydrogen) atoms. The maximum Gasteiger partial charge on any atom is 0.416 e. The second-order valence-electron chi connectivity index (χ2n) is 9.20. The Morgan fingerprint density at radius 1 is 1.03 bits per heavy atom. The van der Waals surface area contributed by atoms with E-state index in [9.17, 15) is 18.0 Å². The lowest BCUT2D eigenvalue weighted by Gasteiger charge is -2.25. The number of alkyl halides is 3. The van der Waals surface area contributed by atoms with E-state index in [0.29, 0.717) is 36.3 Å². The first-order valence-corrected chi connectivity index (χ1v) is 12.2. The number of hydrogen-bond donors (Lipinski definition) is 2. The van der Waals surface area contributed by atoms with Crippen molar-refractivity contribution >= 4 is 11.6 Å². The lowest BCUT2D eigenvalue weighted by Crippen LogP contribution is -2.28. The molecule has 0 spiro atoms. The summed E-state index contributed by atoms with van der Waals surface area (Å²) in [6.07, 6.45) is 2.30. The van der Waals surface area contributed by atoms with E-state index in [4.69, 9.17) is 10.5 Å². The molecule has 1 amide bonds. The Kier molecular flexibility index (Phi) is 7.11. The molecule has 0 fully saturated rings. The van der Waals surface area contributed by atoms with Crippen molar-refractivity contribution in [3.63, 3.8) is 0 Å². The van der Waals surface area contributed by atoms with Crippen LogP contribution in [0.1, 0.15) is 28.7 Å². The van der Waals surface area contributed by atoms with Gasteiger partial charge in [0.2, 0.25) is 5.91 Å². The lowest BCUT2D eigenvalue weighted by atomic mass is 9.83. The Morgan fingerprint density at radius 2 is 1.87 bits per heavy atom. The van der Waals surface area contributed by atoms with Crippen molar-refractivity contribution in [2.75, 3.05) is 5.32 Å². The average Bonchev–Trinajstić information content (AvgIpc) is 2.92. The summed E-state index contributed by atoms with van der Waals surface area (Å²) in [5.41, 5.74) is 8.82. The summed E-state index contributed by atoms with van der Waals surface area (Å²) in [5.74, 6) is 0.536. The molecule has 0 saturated carbocycles. The topological polar surface area (TPSA) is 90.1 Å². The van der Waals surface area contributed by atoms with Crippen LogP contribution in [0, 0.1) is 5.92 Å². The van der Waals surface area contributed by atoms with Crippen molar-refractivity contribution in [3.8, 4) is 22.8 Å². The number of fused-ring (bicyclic) bond motifs is 1. The van der Waals surface area contributed by atoms with Crippen molar-refractivity contribution in [2.24, 2.45) is 11.7 Å². The Bertz CT molecular complexity index is 1460. The SMILES string of the molecule is NCc1cc(NC(=O)C2CCc3ccc(Oc4ccnc(-c5cccnc5)c4)cc3C2)cc(C(F)(F)F)c1. The van der Waals surface area contributed by atoms with Gasteiger partial charge >= 0.3 is 6.18 Å². The molecule has 2 aromatic heterocycles. The largest absolute Gasteiger partial charge is 0.457 e. The fraction of sp³-hybridized carbons (Fsp3) is 0.207. The molecule has 1 aliphatic carbocycles. The van der Waals surface area contributed by atoms with Crippen LogP contribution in [0.3, 0.4) is 0 Å². The summed E-state index contributed by atoms with van der Waals surface area (Å²) in [7, 11) is 0. The number of benzene rings is 2. The summed E-state index contributed by atoms with van der Waals surface area (Å²) in [4.78, 5) is 21.5. The highest BCUT2D eigenvalue weighted by molar-refractivity contribution is 5.93. The van der Waals surface area contributed by atoms with Crippen LogP contribution in [0.4, 0.5) is 18.9 Å². The van der Waals surface area contributed by atoms with Gasteiger partial charge in [-0.2, -0.15) is 13.2 Å². The molecule has 0 radical (unpaired) electrons. The summed E-state index contributed by atoms with van der Waals surface area (Å²) in [6.45, 7) is -0.0619. The molecular weight excluding hydrogens is 493 g/mol. The van der Waals surface area contributed by atoms with Gasteiger partial charge in [0.1, 0.15) is 11.5 Å². The zero-order valence-corrected chi connectivity index (χ0v) is 20.3. The number of nitrogens with zero attached hydrogens (tertiary/aromatic N) is 2. The third-order valence-electron chi connectivity index (χ3n) is 6.52. The minimum atomic E-state index is -4.53. The molecule has 4 aromatic rings. The van der Waals surface area contributed by atoms with Gasteiger partial charge in [-0.1, -0.05) is 6.07 Å².